The van der Waals surface area contributed by atoms with Crippen molar-refractivity contribution in [3.05, 3.63) is 54.0 Å². The summed E-state index contributed by atoms with van der Waals surface area (Å²) in [4.78, 5) is 8.56. The molecule has 1 heterocycles. The van der Waals surface area contributed by atoms with Gasteiger partial charge in [-0.1, -0.05) is 43.0 Å². The Labute approximate surface area is 124 Å². The molecule has 0 bridgehead atoms. The molecule has 1 aromatic carbocycles. The van der Waals surface area contributed by atoms with Crippen LogP contribution in [-0.2, 0) is 6.42 Å². The third-order valence-electron chi connectivity index (χ3n) is 3.70. The van der Waals surface area contributed by atoms with Crippen molar-refractivity contribution in [3.8, 4) is 0 Å². The summed E-state index contributed by atoms with van der Waals surface area (Å²) >= 11 is 1.84. The standard InChI is InChI=1S/C16H19N3S/c1-2-18-16-13-6-4-3-5-12(13)7-8-14(16)20-15-11-17-9-10-19-15/h3-6,9-11,14,16,18H,2,7-8H2,1H3. The molecule has 1 N–H and O–H groups in total. The summed E-state index contributed by atoms with van der Waals surface area (Å²) in [5.74, 6) is 0. The van der Waals surface area contributed by atoms with Gasteiger partial charge < -0.3 is 5.32 Å². The average Bonchev–Trinajstić information content (AvgIpc) is 2.51. The van der Waals surface area contributed by atoms with Crippen molar-refractivity contribution >= 4 is 11.8 Å². The molecule has 0 amide bonds. The summed E-state index contributed by atoms with van der Waals surface area (Å²) in [6.07, 6.45) is 7.67. The van der Waals surface area contributed by atoms with Crippen LogP contribution < -0.4 is 5.32 Å². The molecule has 0 saturated carbocycles. The van der Waals surface area contributed by atoms with Crippen LogP contribution in [0.2, 0.25) is 0 Å². The van der Waals surface area contributed by atoms with Gasteiger partial charge in [-0.25, -0.2) is 4.98 Å². The molecule has 2 unspecified atom stereocenters. The molecule has 3 nitrogen and oxygen atoms in total. The molecule has 0 spiro atoms. The second-order valence-electron chi connectivity index (χ2n) is 4.97. The van der Waals surface area contributed by atoms with Gasteiger partial charge in [0.1, 0.15) is 5.03 Å². The summed E-state index contributed by atoms with van der Waals surface area (Å²) in [6.45, 7) is 3.15. The van der Waals surface area contributed by atoms with E-state index in [1.165, 1.54) is 17.5 Å². The molecule has 3 rings (SSSR count). The number of rotatable bonds is 4. The molecule has 1 aliphatic carbocycles. The molecular weight excluding hydrogens is 266 g/mol. The fourth-order valence-electron chi connectivity index (χ4n) is 2.82. The Hall–Kier alpha value is -1.39. The van der Waals surface area contributed by atoms with Crippen LogP contribution in [0.15, 0.2) is 47.9 Å². The van der Waals surface area contributed by atoms with E-state index in [9.17, 15) is 0 Å². The van der Waals surface area contributed by atoms with Crippen molar-refractivity contribution in [2.45, 2.75) is 36.1 Å². The first-order chi connectivity index (χ1) is 9.88. The first-order valence-electron chi connectivity index (χ1n) is 7.12. The molecule has 2 atom stereocenters. The van der Waals surface area contributed by atoms with Gasteiger partial charge in [0.15, 0.2) is 0 Å². The molecule has 1 aromatic heterocycles. The third kappa shape index (κ3) is 2.86. The van der Waals surface area contributed by atoms with Crippen LogP contribution in [0.4, 0.5) is 0 Å². The number of fused-ring (bicyclic) bond motifs is 1. The largest absolute Gasteiger partial charge is 0.309 e. The van der Waals surface area contributed by atoms with Crippen molar-refractivity contribution in [1.82, 2.24) is 15.3 Å². The predicted molar refractivity (Wildman–Crippen MR) is 82.9 cm³/mol. The Morgan fingerprint density at radius 1 is 1.30 bits per heavy atom. The van der Waals surface area contributed by atoms with E-state index in [0.29, 0.717) is 11.3 Å². The monoisotopic (exact) mass is 285 g/mol. The Morgan fingerprint density at radius 3 is 3.00 bits per heavy atom. The molecule has 4 heteroatoms. The number of benzene rings is 1. The first kappa shape index (κ1) is 13.6. The average molecular weight is 285 g/mol. The number of thioether (sulfide) groups is 1. The van der Waals surface area contributed by atoms with E-state index in [-0.39, 0.29) is 0 Å². The molecule has 1 aliphatic rings. The fourth-order valence-corrected chi connectivity index (χ4v) is 3.99. The van der Waals surface area contributed by atoms with Crippen molar-refractivity contribution in [3.63, 3.8) is 0 Å². The highest BCUT2D eigenvalue weighted by Gasteiger charge is 2.29. The highest BCUT2D eigenvalue weighted by atomic mass is 32.2. The van der Waals surface area contributed by atoms with E-state index < -0.39 is 0 Å². The molecule has 104 valence electrons. The second kappa shape index (κ2) is 6.37. The molecule has 20 heavy (non-hydrogen) atoms. The zero-order valence-electron chi connectivity index (χ0n) is 11.6. The zero-order chi connectivity index (χ0) is 13.8. The Morgan fingerprint density at radius 2 is 2.20 bits per heavy atom. The summed E-state index contributed by atoms with van der Waals surface area (Å²) in [7, 11) is 0. The van der Waals surface area contributed by atoms with Crippen molar-refractivity contribution in [2.75, 3.05) is 6.54 Å². The molecule has 0 aliphatic heterocycles. The van der Waals surface area contributed by atoms with E-state index >= 15 is 0 Å². The van der Waals surface area contributed by atoms with Crippen LogP contribution in [0.5, 0.6) is 0 Å². The Bertz CT molecular complexity index is 559. The van der Waals surface area contributed by atoms with Gasteiger partial charge in [-0.2, -0.15) is 0 Å². The smallest absolute Gasteiger partial charge is 0.115 e. The normalized spacial score (nSPS) is 21.4. The van der Waals surface area contributed by atoms with Crippen LogP contribution >= 0.6 is 11.8 Å². The van der Waals surface area contributed by atoms with Gasteiger partial charge in [0.05, 0.1) is 6.20 Å². The number of aromatic nitrogens is 2. The number of nitrogens with zero attached hydrogens (tertiary/aromatic N) is 2. The minimum Gasteiger partial charge on any atom is -0.309 e. The molecular formula is C16H19N3S. The summed E-state index contributed by atoms with van der Waals surface area (Å²) in [6, 6.07) is 9.18. The predicted octanol–water partition coefficient (Wildman–Crippen LogP) is 3.23. The zero-order valence-corrected chi connectivity index (χ0v) is 12.4. The van der Waals surface area contributed by atoms with Gasteiger partial charge >= 0.3 is 0 Å². The maximum Gasteiger partial charge on any atom is 0.115 e. The van der Waals surface area contributed by atoms with Crippen LogP contribution in [-0.4, -0.2) is 21.8 Å². The van der Waals surface area contributed by atoms with Gasteiger partial charge in [0, 0.05) is 23.7 Å². The summed E-state index contributed by atoms with van der Waals surface area (Å²) < 4.78 is 0. The van der Waals surface area contributed by atoms with E-state index in [4.69, 9.17) is 0 Å². The minimum absolute atomic E-state index is 0.400. The van der Waals surface area contributed by atoms with Gasteiger partial charge in [-0.05, 0) is 30.5 Å². The lowest BCUT2D eigenvalue weighted by Gasteiger charge is -2.33. The molecule has 0 fully saturated rings. The lowest BCUT2D eigenvalue weighted by atomic mass is 9.87. The van der Waals surface area contributed by atoms with Crippen LogP contribution in [0.1, 0.15) is 30.5 Å². The topological polar surface area (TPSA) is 37.8 Å². The first-order valence-corrected chi connectivity index (χ1v) is 8.00. The Balaban J connectivity index is 1.84. The minimum atomic E-state index is 0.400. The van der Waals surface area contributed by atoms with Gasteiger partial charge in [0.2, 0.25) is 0 Å². The lowest BCUT2D eigenvalue weighted by Crippen LogP contribution is -2.34. The maximum absolute atomic E-state index is 4.40. The van der Waals surface area contributed by atoms with E-state index in [1.807, 2.05) is 18.0 Å². The second-order valence-corrected chi connectivity index (χ2v) is 6.23. The molecule has 0 radical (unpaired) electrons. The highest BCUT2D eigenvalue weighted by molar-refractivity contribution is 7.99. The SMILES string of the molecule is CCNC1c2ccccc2CCC1Sc1cnccn1. The van der Waals surface area contributed by atoms with Crippen molar-refractivity contribution in [2.24, 2.45) is 0 Å². The van der Waals surface area contributed by atoms with E-state index in [0.717, 1.165) is 18.0 Å². The van der Waals surface area contributed by atoms with Crippen molar-refractivity contribution in [1.29, 1.82) is 0 Å². The quantitative estimate of drug-likeness (QED) is 0.936. The number of nitrogens with one attached hydrogen (secondary N) is 1. The van der Waals surface area contributed by atoms with Crippen molar-refractivity contribution < 1.29 is 0 Å². The molecule has 2 aromatic rings. The number of hydrogen-bond donors (Lipinski definition) is 1. The van der Waals surface area contributed by atoms with Gasteiger partial charge in [-0.15, -0.1) is 0 Å². The maximum atomic E-state index is 4.40. The number of aryl methyl sites for hydroxylation is 1. The van der Waals surface area contributed by atoms with Gasteiger partial charge in [-0.3, -0.25) is 4.98 Å². The number of hydrogen-bond acceptors (Lipinski definition) is 4. The molecule has 0 saturated heterocycles. The van der Waals surface area contributed by atoms with E-state index in [2.05, 4.69) is 46.5 Å². The van der Waals surface area contributed by atoms with Crippen LogP contribution in [0, 0.1) is 0 Å². The summed E-state index contributed by atoms with van der Waals surface area (Å²) in [5, 5.41) is 5.17. The van der Waals surface area contributed by atoms with Crippen LogP contribution in [0.3, 0.4) is 0 Å². The highest BCUT2D eigenvalue weighted by Crippen LogP contribution is 2.39. The lowest BCUT2D eigenvalue weighted by molar-refractivity contribution is 0.484. The summed E-state index contributed by atoms with van der Waals surface area (Å²) in [5.41, 5.74) is 2.93. The third-order valence-corrected chi connectivity index (χ3v) is 4.96. The fraction of sp³-hybridized carbons (Fsp3) is 0.375. The van der Waals surface area contributed by atoms with Crippen LogP contribution in [0.25, 0.3) is 0 Å². The van der Waals surface area contributed by atoms with Gasteiger partial charge in [0.25, 0.3) is 0 Å². The Kier molecular flexibility index (Phi) is 4.33. The van der Waals surface area contributed by atoms with E-state index in [1.54, 1.807) is 12.4 Å².